The molecule has 2 rings (SSSR count). The zero-order valence-corrected chi connectivity index (χ0v) is 14.0. The van der Waals surface area contributed by atoms with E-state index in [0.29, 0.717) is 6.54 Å². The molecule has 1 saturated heterocycles. The van der Waals surface area contributed by atoms with Crippen molar-refractivity contribution in [3.05, 3.63) is 18.0 Å². The quantitative estimate of drug-likeness (QED) is 0.641. The van der Waals surface area contributed by atoms with Crippen LogP contribution in [0.3, 0.4) is 0 Å². The molecule has 1 aliphatic rings. The molecular formula is C15H27N5O2. The van der Waals surface area contributed by atoms with Gasteiger partial charge in [-0.05, 0) is 26.9 Å². The smallest absolute Gasteiger partial charge is 0.193 e. The van der Waals surface area contributed by atoms with E-state index < -0.39 is 0 Å². The minimum absolute atomic E-state index is 0.114. The molecule has 0 aromatic carbocycles. The molecular weight excluding hydrogens is 282 g/mol. The number of aliphatic imine (C=N–C) groups is 1. The first kappa shape index (κ1) is 16.8. The SMILES string of the molecule is CN=C(NCC1(N(C)C)CCOCC1)N(C)Cc1ccon1. The molecule has 22 heavy (non-hydrogen) atoms. The van der Waals surface area contributed by atoms with Gasteiger partial charge in [0.25, 0.3) is 0 Å². The fraction of sp³-hybridized carbons (Fsp3) is 0.733. The Kier molecular flexibility index (Phi) is 5.79. The van der Waals surface area contributed by atoms with Crippen molar-refractivity contribution in [2.24, 2.45) is 4.99 Å². The number of rotatable bonds is 5. The van der Waals surface area contributed by atoms with Crippen molar-refractivity contribution >= 4 is 5.96 Å². The highest BCUT2D eigenvalue weighted by molar-refractivity contribution is 5.79. The first-order valence-electron chi connectivity index (χ1n) is 7.63. The molecule has 0 radical (unpaired) electrons. The van der Waals surface area contributed by atoms with Crippen LogP contribution in [0.1, 0.15) is 18.5 Å². The fourth-order valence-electron chi connectivity index (χ4n) is 2.80. The van der Waals surface area contributed by atoms with Crippen molar-refractivity contribution in [3.8, 4) is 0 Å². The lowest BCUT2D eigenvalue weighted by Gasteiger charge is -2.43. The monoisotopic (exact) mass is 309 g/mol. The average Bonchev–Trinajstić information content (AvgIpc) is 3.01. The third-order valence-electron chi connectivity index (χ3n) is 4.41. The second-order valence-electron chi connectivity index (χ2n) is 5.98. The predicted molar refractivity (Wildman–Crippen MR) is 85.8 cm³/mol. The van der Waals surface area contributed by atoms with Gasteiger partial charge in [0.05, 0.1) is 6.54 Å². The Morgan fingerprint density at radius 2 is 2.09 bits per heavy atom. The van der Waals surface area contributed by atoms with Crippen molar-refractivity contribution in [2.75, 3.05) is 47.9 Å². The average molecular weight is 309 g/mol. The number of nitrogens with one attached hydrogen (secondary N) is 1. The molecule has 0 atom stereocenters. The predicted octanol–water partition coefficient (Wildman–Crippen LogP) is 0.793. The van der Waals surface area contributed by atoms with Crippen LogP contribution in [0.2, 0.25) is 0 Å². The van der Waals surface area contributed by atoms with E-state index in [1.165, 1.54) is 0 Å². The van der Waals surface area contributed by atoms with Crippen LogP contribution in [0.25, 0.3) is 0 Å². The van der Waals surface area contributed by atoms with Gasteiger partial charge in [-0.1, -0.05) is 5.16 Å². The maximum atomic E-state index is 5.51. The summed E-state index contributed by atoms with van der Waals surface area (Å²) >= 11 is 0. The number of ether oxygens (including phenoxy) is 1. The Morgan fingerprint density at radius 1 is 1.36 bits per heavy atom. The fourth-order valence-corrected chi connectivity index (χ4v) is 2.80. The highest BCUT2D eigenvalue weighted by Crippen LogP contribution is 2.25. The normalized spacial score (nSPS) is 18.5. The Balaban J connectivity index is 1.94. The number of hydrogen-bond acceptors (Lipinski definition) is 5. The topological polar surface area (TPSA) is 66.1 Å². The van der Waals surface area contributed by atoms with Crippen molar-refractivity contribution in [1.82, 2.24) is 20.3 Å². The lowest BCUT2D eigenvalue weighted by Crippen LogP contribution is -2.57. The Hall–Kier alpha value is -1.60. The van der Waals surface area contributed by atoms with E-state index >= 15 is 0 Å². The van der Waals surface area contributed by atoms with Crippen molar-refractivity contribution in [1.29, 1.82) is 0 Å². The number of aromatic nitrogens is 1. The van der Waals surface area contributed by atoms with Gasteiger partial charge in [0, 0.05) is 45.5 Å². The largest absolute Gasteiger partial charge is 0.381 e. The lowest BCUT2D eigenvalue weighted by molar-refractivity contribution is -0.00522. The molecule has 7 heteroatoms. The van der Waals surface area contributed by atoms with E-state index in [-0.39, 0.29) is 5.54 Å². The van der Waals surface area contributed by atoms with E-state index in [1.54, 1.807) is 13.3 Å². The van der Waals surface area contributed by atoms with Gasteiger partial charge in [0.2, 0.25) is 0 Å². The molecule has 124 valence electrons. The van der Waals surface area contributed by atoms with Gasteiger partial charge < -0.3 is 24.4 Å². The molecule has 0 unspecified atom stereocenters. The van der Waals surface area contributed by atoms with E-state index in [9.17, 15) is 0 Å². The number of hydrogen-bond donors (Lipinski definition) is 1. The third kappa shape index (κ3) is 3.98. The molecule has 2 heterocycles. The molecule has 1 aliphatic heterocycles. The van der Waals surface area contributed by atoms with Gasteiger partial charge in [-0.2, -0.15) is 0 Å². The maximum Gasteiger partial charge on any atom is 0.193 e. The highest BCUT2D eigenvalue weighted by atomic mass is 16.5. The van der Waals surface area contributed by atoms with Crippen LogP contribution in [0.15, 0.2) is 21.8 Å². The third-order valence-corrected chi connectivity index (χ3v) is 4.41. The number of guanidine groups is 1. The second-order valence-corrected chi connectivity index (χ2v) is 5.98. The summed E-state index contributed by atoms with van der Waals surface area (Å²) < 4.78 is 10.4. The lowest BCUT2D eigenvalue weighted by atomic mass is 9.88. The van der Waals surface area contributed by atoms with Crippen LogP contribution in [-0.4, -0.2) is 74.4 Å². The van der Waals surface area contributed by atoms with Gasteiger partial charge in [0.1, 0.15) is 12.0 Å². The van der Waals surface area contributed by atoms with E-state index in [1.807, 2.05) is 18.0 Å². The van der Waals surface area contributed by atoms with E-state index in [0.717, 1.165) is 44.3 Å². The standard InChI is InChI=1S/C15H27N5O2/c1-16-14(20(4)11-13-5-8-22-18-13)17-12-15(19(2)3)6-9-21-10-7-15/h5,8H,6-7,9-12H2,1-4H3,(H,16,17). The summed E-state index contributed by atoms with van der Waals surface area (Å²) in [7, 11) is 8.06. The van der Waals surface area contributed by atoms with Crippen molar-refractivity contribution in [2.45, 2.75) is 24.9 Å². The molecule has 0 saturated carbocycles. The first-order chi connectivity index (χ1) is 10.6. The van der Waals surface area contributed by atoms with Gasteiger partial charge in [-0.15, -0.1) is 0 Å². The zero-order chi connectivity index (χ0) is 16.0. The van der Waals surface area contributed by atoms with Crippen LogP contribution in [0.5, 0.6) is 0 Å². The summed E-state index contributed by atoms with van der Waals surface area (Å²) in [5, 5.41) is 7.43. The second kappa shape index (κ2) is 7.60. The van der Waals surface area contributed by atoms with E-state index in [2.05, 4.69) is 34.5 Å². The van der Waals surface area contributed by atoms with Crippen LogP contribution < -0.4 is 5.32 Å². The number of nitrogens with zero attached hydrogens (tertiary/aromatic N) is 4. The van der Waals surface area contributed by atoms with Crippen LogP contribution in [-0.2, 0) is 11.3 Å². The summed E-state index contributed by atoms with van der Waals surface area (Å²) in [4.78, 5) is 8.71. The molecule has 0 amide bonds. The number of likely N-dealkylation sites (N-methyl/N-ethyl adjacent to an activating group) is 1. The molecule has 1 N–H and O–H groups in total. The molecule has 0 spiro atoms. The Bertz CT molecular complexity index is 466. The Labute approximate surface area is 132 Å². The van der Waals surface area contributed by atoms with Gasteiger partial charge in [0.15, 0.2) is 5.96 Å². The maximum absolute atomic E-state index is 5.51. The van der Waals surface area contributed by atoms with Gasteiger partial charge in [-0.25, -0.2) is 0 Å². The van der Waals surface area contributed by atoms with Gasteiger partial charge >= 0.3 is 0 Å². The summed E-state index contributed by atoms with van der Waals surface area (Å²) in [5.74, 6) is 0.857. The molecule has 0 aliphatic carbocycles. The summed E-state index contributed by atoms with van der Waals surface area (Å²) in [6.45, 7) is 3.13. The van der Waals surface area contributed by atoms with Crippen molar-refractivity contribution < 1.29 is 9.26 Å². The minimum Gasteiger partial charge on any atom is -0.381 e. The van der Waals surface area contributed by atoms with Crippen LogP contribution in [0.4, 0.5) is 0 Å². The minimum atomic E-state index is 0.114. The molecule has 1 aromatic heterocycles. The molecule has 0 bridgehead atoms. The highest BCUT2D eigenvalue weighted by Gasteiger charge is 2.35. The molecule has 7 nitrogen and oxygen atoms in total. The van der Waals surface area contributed by atoms with Crippen molar-refractivity contribution in [3.63, 3.8) is 0 Å². The molecule has 1 aromatic rings. The summed E-state index contributed by atoms with van der Waals surface area (Å²) in [6.07, 6.45) is 3.64. The van der Waals surface area contributed by atoms with E-state index in [4.69, 9.17) is 9.26 Å². The summed E-state index contributed by atoms with van der Waals surface area (Å²) in [6, 6.07) is 1.86. The van der Waals surface area contributed by atoms with Gasteiger partial charge in [-0.3, -0.25) is 4.99 Å². The van der Waals surface area contributed by atoms with Crippen LogP contribution in [0, 0.1) is 0 Å². The Morgan fingerprint density at radius 3 is 2.64 bits per heavy atom. The molecule has 1 fully saturated rings. The summed E-state index contributed by atoms with van der Waals surface area (Å²) in [5.41, 5.74) is 1.00. The zero-order valence-electron chi connectivity index (χ0n) is 14.0. The van der Waals surface area contributed by atoms with Crippen LogP contribution >= 0.6 is 0 Å². The first-order valence-corrected chi connectivity index (χ1v) is 7.63.